The monoisotopic (exact) mass is 202 g/mol. The zero-order valence-electron chi connectivity index (χ0n) is 6.97. The van der Waals surface area contributed by atoms with E-state index >= 15 is 0 Å². The predicted molar refractivity (Wildman–Crippen MR) is 47.7 cm³/mol. The van der Waals surface area contributed by atoms with E-state index in [0.29, 0.717) is 5.56 Å². The highest BCUT2D eigenvalue weighted by molar-refractivity contribution is 7.10. The molecule has 0 aliphatic carbocycles. The van der Waals surface area contributed by atoms with Gasteiger partial charge in [-0.05, 0) is 23.9 Å². The number of rotatable bonds is 3. The van der Waals surface area contributed by atoms with Crippen LogP contribution in [0.5, 0.6) is 0 Å². The first-order chi connectivity index (χ1) is 6.02. The van der Waals surface area contributed by atoms with Crippen LogP contribution in [-0.2, 0) is 4.79 Å². The first-order valence-corrected chi connectivity index (χ1v) is 4.54. The van der Waals surface area contributed by atoms with Gasteiger partial charge in [0.1, 0.15) is 6.10 Å². The second-order valence-electron chi connectivity index (χ2n) is 2.72. The van der Waals surface area contributed by atoms with Crippen molar-refractivity contribution < 1.29 is 20.1 Å². The van der Waals surface area contributed by atoms with E-state index in [2.05, 4.69) is 0 Å². The molecule has 0 amide bonds. The molecule has 0 aromatic carbocycles. The third-order valence-corrected chi connectivity index (χ3v) is 2.52. The van der Waals surface area contributed by atoms with Crippen molar-refractivity contribution in [2.45, 2.75) is 19.1 Å². The molecule has 0 aliphatic heterocycles. The Hall–Kier alpha value is -0.910. The minimum atomic E-state index is -1.76. The highest BCUT2D eigenvalue weighted by Gasteiger charge is 2.25. The Balaban J connectivity index is 2.78. The number of aliphatic hydroxyl groups excluding tert-OH is 2. The lowest BCUT2D eigenvalue weighted by Gasteiger charge is -2.11. The summed E-state index contributed by atoms with van der Waals surface area (Å²) in [6.07, 6.45) is -3.10. The molecule has 0 spiro atoms. The molecule has 0 aliphatic rings. The molecule has 2 atom stereocenters. The Morgan fingerprint density at radius 1 is 1.54 bits per heavy atom. The molecule has 0 bridgehead atoms. The third kappa shape index (κ3) is 2.27. The van der Waals surface area contributed by atoms with E-state index < -0.39 is 18.2 Å². The molecule has 13 heavy (non-hydrogen) atoms. The van der Waals surface area contributed by atoms with Gasteiger partial charge in [-0.15, -0.1) is 11.3 Å². The van der Waals surface area contributed by atoms with Crippen molar-refractivity contribution in [1.29, 1.82) is 0 Å². The third-order valence-electron chi connectivity index (χ3n) is 1.64. The van der Waals surface area contributed by atoms with E-state index in [1.54, 1.807) is 11.4 Å². The molecular weight excluding hydrogens is 192 g/mol. The van der Waals surface area contributed by atoms with Gasteiger partial charge in [-0.3, -0.25) is 0 Å². The van der Waals surface area contributed by atoms with E-state index in [-0.39, 0.29) is 0 Å². The number of thiophene rings is 1. The zero-order valence-corrected chi connectivity index (χ0v) is 7.78. The van der Waals surface area contributed by atoms with Crippen LogP contribution in [0.2, 0.25) is 0 Å². The molecule has 0 saturated carbocycles. The molecule has 3 N–H and O–H groups in total. The maximum absolute atomic E-state index is 10.3. The molecule has 1 rings (SSSR count). The summed E-state index contributed by atoms with van der Waals surface area (Å²) in [6.45, 7) is 1.84. The molecule has 5 heteroatoms. The smallest absolute Gasteiger partial charge is 0.335 e. The predicted octanol–water partition coefficient (Wildman–Crippen LogP) is 0.535. The minimum Gasteiger partial charge on any atom is -0.479 e. The standard InChI is InChI=1S/C8H10O4S/c1-4-2-5(3-13-4)6(9)7(10)8(11)12/h2-3,6-7,9-10H,1H3,(H,11,12). The summed E-state index contributed by atoms with van der Waals surface area (Å²) < 4.78 is 0. The van der Waals surface area contributed by atoms with Crippen LogP contribution in [0.25, 0.3) is 0 Å². The van der Waals surface area contributed by atoms with E-state index in [1.165, 1.54) is 11.3 Å². The average Bonchev–Trinajstić information content (AvgIpc) is 2.49. The lowest BCUT2D eigenvalue weighted by atomic mass is 10.1. The summed E-state index contributed by atoms with van der Waals surface area (Å²) in [4.78, 5) is 11.3. The second-order valence-corrected chi connectivity index (χ2v) is 3.83. The van der Waals surface area contributed by atoms with Crippen LogP contribution in [-0.4, -0.2) is 27.4 Å². The molecule has 0 radical (unpaired) electrons. The number of hydrogen-bond acceptors (Lipinski definition) is 4. The number of carboxylic acids is 1. The fraction of sp³-hybridized carbons (Fsp3) is 0.375. The van der Waals surface area contributed by atoms with Crippen molar-refractivity contribution in [3.8, 4) is 0 Å². The summed E-state index contributed by atoms with van der Waals surface area (Å²) in [6, 6.07) is 1.65. The Morgan fingerprint density at radius 2 is 2.15 bits per heavy atom. The molecule has 2 unspecified atom stereocenters. The van der Waals surface area contributed by atoms with Gasteiger partial charge in [0.25, 0.3) is 0 Å². The lowest BCUT2D eigenvalue weighted by Crippen LogP contribution is -2.27. The number of hydrogen-bond donors (Lipinski definition) is 3. The van der Waals surface area contributed by atoms with Crippen LogP contribution < -0.4 is 0 Å². The SMILES string of the molecule is Cc1cc(C(O)C(O)C(=O)O)cs1. The van der Waals surface area contributed by atoms with E-state index in [0.717, 1.165) is 4.88 Å². The van der Waals surface area contributed by atoms with Crippen LogP contribution in [0.4, 0.5) is 0 Å². The molecule has 1 aromatic rings. The largest absolute Gasteiger partial charge is 0.479 e. The number of aliphatic hydroxyl groups is 2. The molecule has 0 saturated heterocycles. The van der Waals surface area contributed by atoms with Crippen molar-refractivity contribution in [3.05, 3.63) is 21.9 Å². The van der Waals surface area contributed by atoms with Crippen molar-refractivity contribution in [1.82, 2.24) is 0 Å². The van der Waals surface area contributed by atoms with Crippen molar-refractivity contribution in [3.63, 3.8) is 0 Å². The Bertz CT molecular complexity index is 307. The molecule has 1 heterocycles. The summed E-state index contributed by atoms with van der Waals surface area (Å²) >= 11 is 1.40. The quantitative estimate of drug-likeness (QED) is 0.668. The molecule has 1 aromatic heterocycles. The van der Waals surface area contributed by atoms with Crippen LogP contribution >= 0.6 is 11.3 Å². The lowest BCUT2D eigenvalue weighted by molar-refractivity contribution is -0.153. The molecule has 0 fully saturated rings. The first-order valence-electron chi connectivity index (χ1n) is 3.66. The Morgan fingerprint density at radius 3 is 2.54 bits per heavy atom. The van der Waals surface area contributed by atoms with Gasteiger partial charge in [-0.1, -0.05) is 0 Å². The van der Waals surface area contributed by atoms with Gasteiger partial charge in [0, 0.05) is 4.88 Å². The summed E-state index contributed by atoms with van der Waals surface area (Å²) in [5, 5.41) is 28.4. The van der Waals surface area contributed by atoms with Gasteiger partial charge < -0.3 is 15.3 Å². The fourth-order valence-electron chi connectivity index (χ4n) is 0.936. The van der Waals surface area contributed by atoms with Gasteiger partial charge in [0.2, 0.25) is 0 Å². The normalized spacial score (nSPS) is 15.3. The Kier molecular flexibility index (Phi) is 3.02. The fourth-order valence-corrected chi connectivity index (χ4v) is 1.67. The highest BCUT2D eigenvalue weighted by atomic mass is 32.1. The maximum Gasteiger partial charge on any atom is 0.335 e. The van der Waals surface area contributed by atoms with Crippen LogP contribution in [0.3, 0.4) is 0 Å². The molecule has 72 valence electrons. The summed E-state index contributed by atoms with van der Waals surface area (Å²) in [5.41, 5.74) is 0.442. The van der Waals surface area contributed by atoms with Gasteiger partial charge in [0.05, 0.1) is 0 Å². The van der Waals surface area contributed by atoms with Gasteiger partial charge in [-0.25, -0.2) is 4.79 Å². The molecule has 4 nitrogen and oxygen atoms in total. The van der Waals surface area contributed by atoms with Gasteiger partial charge in [0.15, 0.2) is 6.10 Å². The van der Waals surface area contributed by atoms with E-state index in [4.69, 9.17) is 10.2 Å². The van der Waals surface area contributed by atoms with Crippen LogP contribution in [0.15, 0.2) is 11.4 Å². The van der Waals surface area contributed by atoms with Crippen molar-refractivity contribution in [2.75, 3.05) is 0 Å². The summed E-state index contributed by atoms with van der Waals surface area (Å²) in [7, 11) is 0. The van der Waals surface area contributed by atoms with E-state index in [1.807, 2.05) is 6.92 Å². The Labute approximate surface area is 79.1 Å². The van der Waals surface area contributed by atoms with Crippen LogP contribution in [0.1, 0.15) is 16.5 Å². The highest BCUT2D eigenvalue weighted by Crippen LogP contribution is 2.22. The minimum absolute atomic E-state index is 0.442. The number of aliphatic carboxylic acids is 1. The number of aryl methyl sites for hydroxylation is 1. The first kappa shape index (κ1) is 10.2. The average molecular weight is 202 g/mol. The summed E-state index contributed by atoms with van der Waals surface area (Å²) in [5.74, 6) is -1.42. The van der Waals surface area contributed by atoms with Crippen LogP contribution in [0, 0.1) is 6.92 Å². The van der Waals surface area contributed by atoms with Crippen molar-refractivity contribution >= 4 is 17.3 Å². The number of carboxylic acid groups (broad SMARTS) is 1. The zero-order chi connectivity index (χ0) is 10.0. The van der Waals surface area contributed by atoms with Gasteiger partial charge >= 0.3 is 5.97 Å². The topological polar surface area (TPSA) is 77.8 Å². The number of carbonyl (C=O) groups is 1. The van der Waals surface area contributed by atoms with E-state index in [9.17, 15) is 9.90 Å². The second kappa shape index (κ2) is 3.87. The van der Waals surface area contributed by atoms with Gasteiger partial charge in [-0.2, -0.15) is 0 Å². The van der Waals surface area contributed by atoms with Crippen molar-refractivity contribution in [2.24, 2.45) is 0 Å². The molecular formula is C8H10O4S. The maximum atomic E-state index is 10.3.